The molecule has 0 aromatic heterocycles. The molecular weight excluding hydrogens is 224 g/mol. The molecule has 86 valence electrons. The Kier molecular flexibility index (Phi) is 4.80. The third-order valence-corrected chi connectivity index (χ3v) is 14.6. The van der Waals surface area contributed by atoms with Gasteiger partial charge in [-0.05, 0) is 51.5 Å². The molecule has 0 N–H and O–H groups in total. The summed E-state index contributed by atoms with van der Waals surface area (Å²) in [5.41, 5.74) is 1.20. The van der Waals surface area contributed by atoms with E-state index in [1.165, 1.54) is 5.67 Å². The van der Waals surface area contributed by atoms with Crippen LogP contribution in [0, 0.1) is 0 Å². The second-order valence-electron chi connectivity index (χ2n) is 6.11. The highest BCUT2D eigenvalue weighted by Gasteiger charge is 2.37. The smallest absolute Gasteiger partial charge is 0.185 e. The van der Waals surface area contributed by atoms with Crippen molar-refractivity contribution in [1.82, 2.24) is 0 Å². The fourth-order valence-electron chi connectivity index (χ4n) is 1.96. The van der Waals surface area contributed by atoms with E-state index in [9.17, 15) is 0 Å². The lowest BCUT2D eigenvalue weighted by Crippen LogP contribution is -2.48. The van der Waals surface area contributed by atoms with Crippen LogP contribution in [0.25, 0.3) is 0 Å². The molecule has 0 radical (unpaired) electrons. The highest BCUT2D eigenvalue weighted by molar-refractivity contribution is 6.93. The Balaban J connectivity index is 4.35. The van der Waals surface area contributed by atoms with E-state index in [1.54, 1.807) is 0 Å². The summed E-state index contributed by atoms with van der Waals surface area (Å²) in [4.78, 5) is 0. The van der Waals surface area contributed by atoms with Crippen LogP contribution in [0.5, 0.6) is 0 Å². The van der Waals surface area contributed by atoms with Gasteiger partial charge in [-0.1, -0.05) is 0 Å². The lowest BCUT2D eigenvalue weighted by molar-refractivity contribution is 0.405. The quantitative estimate of drug-likeness (QED) is 0.696. The maximum atomic E-state index is 6.30. The molecule has 0 aromatic rings. The van der Waals surface area contributed by atoms with Crippen LogP contribution < -0.4 is 0 Å². The lowest BCUT2D eigenvalue weighted by atomic mass is 11.7. The molecule has 0 aliphatic carbocycles. The van der Waals surface area contributed by atoms with Gasteiger partial charge in [-0.15, -0.1) is 0 Å². The van der Waals surface area contributed by atoms with Gasteiger partial charge < -0.3 is 8.54 Å². The van der Waals surface area contributed by atoms with Crippen molar-refractivity contribution < 1.29 is 8.54 Å². The second-order valence-corrected chi connectivity index (χ2v) is 20.0. The molecule has 14 heavy (non-hydrogen) atoms. The Bertz CT molecular complexity index is 185. The Morgan fingerprint density at radius 2 is 1.21 bits per heavy atom. The minimum Gasteiger partial charge on any atom is -0.456 e. The Labute approximate surface area is 92.4 Å². The van der Waals surface area contributed by atoms with E-state index in [2.05, 4.69) is 45.8 Å². The van der Waals surface area contributed by atoms with Gasteiger partial charge in [0, 0.05) is 7.11 Å². The summed E-state index contributed by atoms with van der Waals surface area (Å²) in [7, 11) is -2.49. The van der Waals surface area contributed by atoms with Gasteiger partial charge in [-0.2, -0.15) is 0 Å². The average Bonchev–Trinajstić information content (AvgIpc) is 1.78. The summed E-state index contributed by atoms with van der Waals surface area (Å²) in [6, 6.07) is 0. The summed E-state index contributed by atoms with van der Waals surface area (Å²) in [5.74, 6) is 0. The topological polar surface area (TPSA) is 18.5 Å². The first-order valence-corrected chi connectivity index (χ1v) is 14.9. The normalized spacial score (nSPS) is 14.6. The molecule has 0 heterocycles. The van der Waals surface area contributed by atoms with Crippen molar-refractivity contribution >= 4 is 25.0 Å². The van der Waals surface area contributed by atoms with Gasteiger partial charge >= 0.3 is 0 Å². The van der Waals surface area contributed by atoms with E-state index in [1.807, 2.05) is 7.11 Å². The van der Waals surface area contributed by atoms with Crippen LogP contribution in [-0.2, 0) is 8.54 Å². The third-order valence-electron chi connectivity index (χ3n) is 1.99. The fourth-order valence-corrected chi connectivity index (χ4v) is 18.3. The van der Waals surface area contributed by atoms with Crippen LogP contribution in [0.4, 0.5) is 0 Å². The van der Waals surface area contributed by atoms with E-state index in [4.69, 9.17) is 8.54 Å². The van der Waals surface area contributed by atoms with Crippen molar-refractivity contribution in [3.8, 4) is 0 Å². The summed E-state index contributed by atoms with van der Waals surface area (Å²) in [5, 5.41) is 0. The zero-order chi connectivity index (χ0) is 11.6. The summed E-state index contributed by atoms with van der Waals surface area (Å²) >= 11 is 0. The van der Waals surface area contributed by atoms with E-state index >= 15 is 0 Å². The maximum absolute atomic E-state index is 6.30. The van der Waals surface area contributed by atoms with Gasteiger partial charge in [0.25, 0.3) is 0 Å². The van der Waals surface area contributed by atoms with Crippen molar-refractivity contribution in [3.63, 3.8) is 0 Å². The third kappa shape index (κ3) is 6.94. The van der Waals surface area contributed by atoms with E-state index < -0.39 is 25.0 Å². The monoisotopic (exact) mass is 250 g/mol. The molecule has 0 aliphatic heterocycles. The Hall–Kier alpha value is 0.571. The number of hydrogen-bond acceptors (Lipinski definition) is 2. The van der Waals surface area contributed by atoms with Crippen LogP contribution in [0.1, 0.15) is 0 Å². The minimum absolute atomic E-state index is 1.20. The largest absolute Gasteiger partial charge is 0.456 e. The molecule has 0 saturated carbocycles. The summed E-state index contributed by atoms with van der Waals surface area (Å²) in [6.45, 7) is 16.0. The molecule has 0 aromatic carbocycles. The van der Waals surface area contributed by atoms with E-state index in [0.29, 0.717) is 0 Å². The predicted octanol–water partition coefficient (Wildman–Crippen LogP) is 3.43. The van der Waals surface area contributed by atoms with E-state index in [-0.39, 0.29) is 0 Å². The standard InChI is InChI=1S/C9H26O2Si3/c1-10-13(5,6)9-14(7,8)11-12(2,3)4/h9H2,1-8H3. The lowest BCUT2D eigenvalue weighted by Gasteiger charge is -2.35. The first-order valence-electron chi connectivity index (χ1n) is 5.23. The van der Waals surface area contributed by atoms with E-state index in [0.717, 1.165) is 0 Å². The second kappa shape index (κ2) is 4.61. The SMILES string of the molecule is CO[Si](C)(C)C[Si](C)(C)O[Si](C)(C)C. The van der Waals surface area contributed by atoms with Crippen molar-refractivity contribution in [2.75, 3.05) is 7.11 Å². The molecule has 0 aliphatic rings. The highest BCUT2D eigenvalue weighted by Crippen LogP contribution is 2.24. The molecule has 0 spiro atoms. The molecule has 0 bridgehead atoms. The average molecular weight is 251 g/mol. The summed E-state index contributed by atoms with van der Waals surface area (Å²) < 4.78 is 11.9. The van der Waals surface area contributed by atoms with Crippen LogP contribution in [0.2, 0.25) is 51.5 Å². The van der Waals surface area contributed by atoms with Crippen molar-refractivity contribution in [1.29, 1.82) is 0 Å². The fraction of sp³-hybridized carbons (Fsp3) is 1.00. The summed E-state index contributed by atoms with van der Waals surface area (Å²) in [6.07, 6.45) is 0. The van der Waals surface area contributed by atoms with Crippen LogP contribution in [0.15, 0.2) is 0 Å². The van der Waals surface area contributed by atoms with Gasteiger partial charge in [0.2, 0.25) is 0 Å². The molecule has 0 saturated heterocycles. The minimum atomic E-state index is -1.50. The van der Waals surface area contributed by atoms with Gasteiger partial charge in [0.05, 0.1) is 0 Å². The van der Waals surface area contributed by atoms with Crippen LogP contribution >= 0.6 is 0 Å². The molecule has 0 rings (SSSR count). The van der Waals surface area contributed by atoms with Crippen molar-refractivity contribution in [2.24, 2.45) is 0 Å². The zero-order valence-corrected chi connectivity index (χ0v) is 14.0. The van der Waals surface area contributed by atoms with Gasteiger partial charge in [0.15, 0.2) is 25.0 Å². The number of hydrogen-bond donors (Lipinski definition) is 0. The maximum Gasteiger partial charge on any atom is 0.185 e. The van der Waals surface area contributed by atoms with Gasteiger partial charge in [0.1, 0.15) is 0 Å². The van der Waals surface area contributed by atoms with Crippen molar-refractivity contribution in [2.45, 2.75) is 51.5 Å². The van der Waals surface area contributed by atoms with Crippen molar-refractivity contribution in [3.05, 3.63) is 0 Å². The zero-order valence-electron chi connectivity index (χ0n) is 11.0. The predicted molar refractivity (Wildman–Crippen MR) is 71.2 cm³/mol. The number of rotatable bonds is 5. The Morgan fingerprint density at radius 1 is 0.786 bits per heavy atom. The molecular formula is C9H26O2Si3. The van der Waals surface area contributed by atoms with Crippen LogP contribution in [-0.4, -0.2) is 32.1 Å². The van der Waals surface area contributed by atoms with Gasteiger partial charge in [-0.25, -0.2) is 0 Å². The molecule has 5 heteroatoms. The first-order chi connectivity index (χ1) is 5.97. The van der Waals surface area contributed by atoms with Crippen LogP contribution in [0.3, 0.4) is 0 Å². The molecule has 0 amide bonds. The molecule has 0 atom stereocenters. The highest BCUT2D eigenvalue weighted by atomic mass is 28.5. The van der Waals surface area contributed by atoms with Gasteiger partial charge in [-0.3, -0.25) is 0 Å². The molecule has 0 fully saturated rings. The molecule has 0 unspecified atom stereocenters. The first kappa shape index (κ1) is 14.6. The Morgan fingerprint density at radius 3 is 1.50 bits per heavy atom. The molecule has 2 nitrogen and oxygen atoms in total.